The highest BCUT2D eigenvalue weighted by molar-refractivity contribution is 4.71. The van der Waals surface area contributed by atoms with Gasteiger partial charge in [-0.1, -0.05) is 6.92 Å². The van der Waals surface area contributed by atoms with E-state index in [0.717, 1.165) is 39.0 Å². The molecule has 13 heavy (non-hydrogen) atoms. The van der Waals surface area contributed by atoms with E-state index >= 15 is 0 Å². The van der Waals surface area contributed by atoms with Crippen molar-refractivity contribution in [1.82, 2.24) is 5.32 Å². The molecule has 0 radical (unpaired) electrons. The molecule has 0 aliphatic carbocycles. The van der Waals surface area contributed by atoms with E-state index in [2.05, 4.69) is 12.2 Å². The van der Waals surface area contributed by atoms with Crippen LogP contribution < -0.4 is 5.32 Å². The van der Waals surface area contributed by atoms with Gasteiger partial charge in [0.15, 0.2) is 0 Å². The van der Waals surface area contributed by atoms with Crippen LogP contribution in [0.2, 0.25) is 0 Å². The summed E-state index contributed by atoms with van der Waals surface area (Å²) in [6, 6.07) is 0.606. The van der Waals surface area contributed by atoms with Crippen molar-refractivity contribution >= 4 is 0 Å². The monoisotopic (exact) mass is 187 g/mol. The molecular weight excluding hydrogens is 166 g/mol. The van der Waals surface area contributed by atoms with E-state index in [1.807, 2.05) is 0 Å². The summed E-state index contributed by atoms with van der Waals surface area (Å²) in [5, 5.41) is 12.5. The van der Waals surface area contributed by atoms with Crippen molar-refractivity contribution in [2.45, 2.75) is 32.2 Å². The Morgan fingerprint density at radius 2 is 2.15 bits per heavy atom. The lowest BCUT2D eigenvalue weighted by Crippen LogP contribution is -2.38. The van der Waals surface area contributed by atoms with Gasteiger partial charge in [-0.05, 0) is 25.2 Å². The summed E-state index contributed by atoms with van der Waals surface area (Å²) in [4.78, 5) is 0. The molecule has 3 nitrogen and oxygen atoms in total. The van der Waals surface area contributed by atoms with Crippen LogP contribution in [-0.4, -0.2) is 37.5 Å². The van der Waals surface area contributed by atoms with Gasteiger partial charge in [0.1, 0.15) is 0 Å². The second-order valence-electron chi connectivity index (χ2n) is 3.75. The van der Waals surface area contributed by atoms with Gasteiger partial charge in [0.2, 0.25) is 0 Å². The Balaban J connectivity index is 2.09. The van der Waals surface area contributed by atoms with Gasteiger partial charge in [0.25, 0.3) is 0 Å². The van der Waals surface area contributed by atoms with Gasteiger partial charge in [0, 0.05) is 32.4 Å². The van der Waals surface area contributed by atoms with Crippen LogP contribution in [0.15, 0.2) is 0 Å². The van der Waals surface area contributed by atoms with Gasteiger partial charge in [-0.2, -0.15) is 0 Å². The van der Waals surface area contributed by atoms with Gasteiger partial charge in [-0.25, -0.2) is 0 Å². The topological polar surface area (TPSA) is 41.5 Å². The largest absolute Gasteiger partial charge is 0.396 e. The Labute approximate surface area is 80.5 Å². The fourth-order valence-electron chi connectivity index (χ4n) is 1.57. The zero-order chi connectivity index (χ0) is 9.52. The average Bonchev–Trinajstić information content (AvgIpc) is 2.21. The summed E-state index contributed by atoms with van der Waals surface area (Å²) in [5.74, 6) is 0.419. The molecule has 0 aromatic carbocycles. The lowest BCUT2D eigenvalue weighted by Gasteiger charge is -2.25. The molecule has 1 saturated heterocycles. The van der Waals surface area contributed by atoms with Gasteiger partial charge in [-0.3, -0.25) is 0 Å². The highest BCUT2D eigenvalue weighted by Crippen LogP contribution is 2.07. The predicted molar refractivity (Wildman–Crippen MR) is 52.7 cm³/mol. The van der Waals surface area contributed by atoms with E-state index < -0.39 is 0 Å². The fraction of sp³-hybridized carbons (Fsp3) is 1.00. The number of hydrogen-bond donors (Lipinski definition) is 2. The van der Waals surface area contributed by atoms with Crippen LogP contribution in [0.1, 0.15) is 26.2 Å². The van der Waals surface area contributed by atoms with Crippen LogP contribution in [0, 0.1) is 5.92 Å². The minimum atomic E-state index is 0.298. The zero-order valence-corrected chi connectivity index (χ0v) is 8.46. The Hall–Kier alpha value is -0.120. The maximum absolute atomic E-state index is 8.99. The zero-order valence-electron chi connectivity index (χ0n) is 8.46. The molecule has 3 heteroatoms. The van der Waals surface area contributed by atoms with Crippen LogP contribution in [0.25, 0.3) is 0 Å². The maximum Gasteiger partial charge on any atom is 0.0480 e. The molecule has 2 N–H and O–H groups in total. The summed E-state index contributed by atoms with van der Waals surface area (Å²) < 4.78 is 5.27. The maximum atomic E-state index is 8.99. The molecule has 1 fully saturated rings. The standard InChI is InChI=1S/C10H21NO2/c1-2-9(8-12)7-11-10-3-5-13-6-4-10/h9-12H,2-8H2,1H3. The Kier molecular flexibility index (Phi) is 5.35. The highest BCUT2D eigenvalue weighted by Gasteiger charge is 2.14. The first-order valence-electron chi connectivity index (χ1n) is 5.28. The van der Waals surface area contributed by atoms with Gasteiger partial charge in [0.05, 0.1) is 0 Å². The fourth-order valence-corrected chi connectivity index (χ4v) is 1.57. The van der Waals surface area contributed by atoms with E-state index in [9.17, 15) is 0 Å². The third-order valence-electron chi connectivity index (χ3n) is 2.75. The number of rotatable bonds is 5. The normalized spacial score (nSPS) is 21.7. The van der Waals surface area contributed by atoms with Crippen molar-refractivity contribution in [3.63, 3.8) is 0 Å². The molecule has 0 bridgehead atoms. The van der Waals surface area contributed by atoms with Crippen LogP contribution in [0.3, 0.4) is 0 Å². The van der Waals surface area contributed by atoms with Crippen molar-refractivity contribution in [1.29, 1.82) is 0 Å². The molecule has 1 atom stereocenters. The first kappa shape index (κ1) is 11.0. The quantitative estimate of drug-likeness (QED) is 0.668. The van der Waals surface area contributed by atoms with E-state index in [4.69, 9.17) is 9.84 Å². The minimum absolute atomic E-state index is 0.298. The number of ether oxygens (including phenoxy) is 1. The van der Waals surface area contributed by atoms with Gasteiger partial charge in [-0.15, -0.1) is 0 Å². The summed E-state index contributed by atoms with van der Waals surface area (Å²) in [7, 11) is 0. The average molecular weight is 187 g/mol. The number of aliphatic hydroxyl groups is 1. The van der Waals surface area contributed by atoms with E-state index in [1.54, 1.807) is 0 Å². The second kappa shape index (κ2) is 6.35. The molecule has 0 saturated carbocycles. The van der Waals surface area contributed by atoms with Crippen molar-refractivity contribution in [3.8, 4) is 0 Å². The number of aliphatic hydroxyl groups excluding tert-OH is 1. The molecule has 1 aliphatic heterocycles. The van der Waals surface area contributed by atoms with Crippen molar-refractivity contribution in [2.75, 3.05) is 26.4 Å². The molecule has 1 aliphatic rings. The smallest absolute Gasteiger partial charge is 0.0480 e. The highest BCUT2D eigenvalue weighted by atomic mass is 16.5. The van der Waals surface area contributed by atoms with Crippen molar-refractivity contribution < 1.29 is 9.84 Å². The second-order valence-corrected chi connectivity index (χ2v) is 3.75. The molecule has 0 spiro atoms. The Morgan fingerprint density at radius 3 is 2.69 bits per heavy atom. The molecule has 1 heterocycles. The summed E-state index contributed by atoms with van der Waals surface area (Å²) in [6.45, 7) is 5.12. The number of hydrogen-bond acceptors (Lipinski definition) is 3. The molecule has 0 aromatic rings. The lowest BCUT2D eigenvalue weighted by molar-refractivity contribution is 0.0756. The molecule has 0 amide bonds. The number of nitrogens with one attached hydrogen (secondary N) is 1. The van der Waals surface area contributed by atoms with E-state index in [1.165, 1.54) is 0 Å². The van der Waals surface area contributed by atoms with E-state index in [0.29, 0.717) is 18.6 Å². The predicted octanol–water partition coefficient (Wildman–Crippen LogP) is 0.773. The third-order valence-corrected chi connectivity index (χ3v) is 2.75. The van der Waals surface area contributed by atoms with Crippen LogP contribution in [0.5, 0.6) is 0 Å². The Bertz CT molecular complexity index is 120. The van der Waals surface area contributed by atoms with E-state index in [-0.39, 0.29) is 0 Å². The SMILES string of the molecule is CCC(CO)CNC1CCOCC1. The summed E-state index contributed by atoms with van der Waals surface area (Å²) in [6.07, 6.45) is 3.27. The first-order valence-corrected chi connectivity index (χ1v) is 5.28. The van der Waals surface area contributed by atoms with Crippen LogP contribution in [-0.2, 0) is 4.74 Å². The molecule has 0 aromatic heterocycles. The van der Waals surface area contributed by atoms with Gasteiger partial charge >= 0.3 is 0 Å². The molecule has 1 rings (SSSR count). The molecular formula is C10H21NO2. The lowest BCUT2D eigenvalue weighted by atomic mass is 10.1. The van der Waals surface area contributed by atoms with Gasteiger partial charge < -0.3 is 15.2 Å². The third kappa shape index (κ3) is 4.07. The van der Waals surface area contributed by atoms with Crippen molar-refractivity contribution in [2.24, 2.45) is 5.92 Å². The van der Waals surface area contributed by atoms with Crippen molar-refractivity contribution in [3.05, 3.63) is 0 Å². The Morgan fingerprint density at radius 1 is 1.46 bits per heavy atom. The minimum Gasteiger partial charge on any atom is -0.396 e. The molecule has 1 unspecified atom stereocenters. The van der Waals surface area contributed by atoms with Crippen LogP contribution in [0.4, 0.5) is 0 Å². The summed E-state index contributed by atoms with van der Waals surface area (Å²) in [5.41, 5.74) is 0. The summed E-state index contributed by atoms with van der Waals surface area (Å²) >= 11 is 0. The first-order chi connectivity index (χ1) is 6.36. The molecule has 78 valence electrons. The van der Waals surface area contributed by atoms with Crippen LogP contribution >= 0.6 is 0 Å².